The second-order valence-electron chi connectivity index (χ2n) is 7.70. The van der Waals surface area contributed by atoms with Gasteiger partial charge in [0.05, 0.1) is 17.5 Å². The van der Waals surface area contributed by atoms with Gasteiger partial charge in [0, 0.05) is 12.6 Å². The maximum Gasteiger partial charge on any atom is 0.291 e. The fourth-order valence-electron chi connectivity index (χ4n) is 3.48. The second-order valence-corrected chi connectivity index (χ2v) is 7.70. The predicted octanol–water partition coefficient (Wildman–Crippen LogP) is 3.15. The molecule has 7 nitrogen and oxygen atoms in total. The Morgan fingerprint density at radius 1 is 1.18 bits per heavy atom. The molecule has 148 valence electrons. The van der Waals surface area contributed by atoms with E-state index in [0.717, 1.165) is 37.8 Å². The summed E-state index contributed by atoms with van der Waals surface area (Å²) in [5.74, 6) is 0.405. The van der Waals surface area contributed by atoms with E-state index in [1.807, 2.05) is 36.6 Å². The first-order valence-electron chi connectivity index (χ1n) is 10.00. The van der Waals surface area contributed by atoms with E-state index in [-0.39, 0.29) is 29.8 Å². The number of benzene rings is 1. The van der Waals surface area contributed by atoms with Crippen LogP contribution in [0.15, 0.2) is 24.3 Å². The average Bonchev–Trinajstić information content (AvgIpc) is 3.39. The van der Waals surface area contributed by atoms with Gasteiger partial charge in [0.2, 0.25) is 0 Å². The van der Waals surface area contributed by atoms with Gasteiger partial charge in [0.15, 0.2) is 5.82 Å². The summed E-state index contributed by atoms with van der Waals surface area (Å²) in [6, 6.07) is 7.59. The lowest BCUT2D eigenvalue weighted by Crippen LogP contribution is -2.27. The minimum Gasteiger partial charge on any atom is -0.489 e. The van der Waals surface area contributed by atoms with E-state index in [2.05, 4.69) is 15.6 Å². The summed E-state index contributed by atoms with van der Waals surface area (Å²) in [5, 5.41) is 5.90. The molecule has 7 heteroatoms. The lowest BCUT2D eigenvalue weighted by atomic mass is 10.1. The minimum absolute atomic E-state index is 0.00467. The van der Waals surface area contributed by atoms with Crippen molar-refractivity contribution in [2.45, 2.75) is 64.6 Å². The molecule has 28 heavy (non-hydrogen) atoms. The van der Waals surface area contributed by atoms with Gasteiger partial charge in [-0.15, -0.1) is 0 Å². The standard InChI is InChI=1S/C21H26N4O3/c1-13(2)28-17-9-4-3-7-15(17)23-21(27)19-24-18(20(26)22-14-10-11-14)16-8-5-6-12-25(16)19/h3-4,7,9,13-14H,5-6,8,10-12H2,1-2H3,(H,22,26)(H,23,27). The Kier molecular flexibility index (Phi) is 5.07. The maximum atomic E-state index is 13.0. The van der Waals surface area contributed by atoms with Gasteiger partial charge in [-0.05, 0) is 58.1 Å². The molecule has 2 aromatic rings. The van der Waals surface area contributed by atoms with Crippen LogP contribution in [-0.2, 0) is 13.0 Å². The van der Waals surface area contributed by atoms with Crippen LogP contribution in [0.4, 0.5) is 5.69 Å². The Bertz CT molecular complexity index is 899. The van der Waals surface area contributed by atoms with E-state index >= 15 is 0 Å². The third-order valence-electron chi connectivity index (χ3n) is 4.95. The number of carbonyl (C=O) groups excluding carboxylic acids is 2. The third-order valence-corrected chi connectivity index (χ3v) is 4.95. The van der Waals surface area contributed by atoms with Crippen molar-refractivity contribution in [3.63, 3.8) is 0 Å². The van der Waals surface area contributed by atoms with Gasteiger partial charge in [-0.25, -0.2) is 4.98 Å². The number of carbonyl (C=O) groups is 2. The number of para-hydroxylation sites is 2. The highest BCUT2D eigenvalue weighted by Gasteiger charge is 2.31. The number of hydrogen-bond donors (Lipinski definition) is 2. The van der Waals surface area contributed by atoms with Crippen molar-refractivity contribution in [3.8, 4) is 5.75 Å². The number of rotatable bonds is 6. The van der Waals surface area contributed by atoms with Gasteiger partial charge in [0.25, 0.3) is 11.8 Å². The Morgan fingerprint density at radius 3 is 2.71 bits per heavy atom. The molecule has 1 aliphatic carbocycles. The van der Waals surface area contributed by atoms with Crippen molar-refractivity contribution >= 4 is 17.5 Å². The number of ether oxygens (including phenoxy) is 1. The van der Waals surface area contributed by atoms with Crippen molar-refractivity contribution in [2.75, 3.05) is 5.32 Å². The molecule has 1 aromatic heterocycles. The molecule has 1 aliphatic heterocycles. The number of nitrogens with one attached hydrogen (secondary N) is 2. The van der Waals surface area contributed by atoms with Crippen LogP contribution in [0, 0.1) is 0 Å². The molecule has 2 N–H and O–H groups in total. The molecule has 0 saturated heterocycles. The van der Waals surface area contributed by atoms with Crippen LogP contribution in [0.1, 0.15) is 66.3 Å². The van der Waals surface area contributed by atoms with Crippen LogP contribution in [0.2, 0.25) is 0 Å². The van der Waals surface area contributed by atoms with Gasteiger partial charge in [-0.2, -0.15) is 0 Å². The van der Waals surface area contributed by atoms with Crippen LogP contribution < -0.4 is 15.4 Å². The summed E-state index contributed by atoms with van der Waals surface area (Å²) in [6.07, 6.45) is 4.77. The monoisotopic (exact) mass is 382 g/mol. The second kappa shape index (κ2) is 7.66. The molecular formula is C21H26N4O3. The first-order chi connectivity index (χ1) is 13.5. The molecule has 0 atom stereocenters. The fourth-order valence-corrected chi connectivity index (χ4v) is 3.48. The van der Waals surface area contributed by atoms with Gasteiger partial charge in [0.1, 0.15) is 11.4 Å². The molecule has 0 spiro atoms. The topological polar surface area (TPSA) is 85.2 Å². The van der Waals surface area contributed by atoms with Gasteiger partial charge >= 0.3 is 0 Å². The Morgan fingerprint density at radius 2 is 1.96 bits per heavy atom. The first-order valence-corrected chi connectivity index (χ1v) is 10.00. The zero-order chi connectivity index (χ0) is 19.7. The lowest BCUT2D eigenvalue weighted by Gasteiger charge is -2.18. The maximum absolute atomic E-state index is 13.0. The molecule has 2 heterocycles. The third kappa shape index (κ3) is 3.88. The van der Waals surface area contributed by atoms with Crippen molar-refractivity contribution in [1.82, 2.24) is 14.9 Å². The highest BCUT2D eigenvalue weighted by atomic mass is 16.5. The summed E-state index contributed by atoms with van der Waals surface area (Å²) in [6.45, 7) is 4.58. The average molecular weight is 382 g/mol. The fraction of sp³-hybridized carbons (Fsp3) is 0.476. The molecule has 1 aromatic carbocycles. The van der Waals surface area contributed by atoms with Crippen LogP contribution >= 0.6 is 0 Å². The van der Waals surface area contributed by atoms with Gasteiger partial charge in [-0.3, -0.25) is 9.59 Å². The Balaban J connectivity index is 1.61. The molecule has 0 unspecified atom stereocenters. The van der Waals surface area contributed by atoms with E-state index in [1.54, 1.807) is 6.07 Å². The quantitative estimate of drug-likeness (QED) is 0.804. The normalized spacial score (nSPS) is 15.8. The molecule has 4 rings (SSSR count). The van der Waals surface area contributed by atoms with E-state index in [1.165, 1.54) is 0 Å². The summed E-state index contributed by atoms with van der Waals surface area (Å²) < 4.78 is 7.68. The predicted molar refractivity (Wildman–Crippen MR) is 106 cm³/mol. The summed E-state index contributed by atoms with van der Waals surface area (Å²) in [5.41, 5.74) is 1.85. The lowest BCUT2D eigenvalue weighted by molar-refractivity contribution is 0.0945. The number of hydrogen-bond acceptors (Lipinski definition) is 4. The van der Waals surface area contributed by atoms with Crippen LogP contribution in [0.25, 0.3) is 0 Å². The number of aromatic nitrogens is 2. The molecule has 2 amide bonds. The molecule has 1 fully saturated rings. The van der Waals surface area contributed by atoms with Crippen molar-refractivity contribution in [1.29, 1.82) is 0 Å². The zero-order valence-electron chi connectivity index (χ0n) is 16.3. The molecule has 1 saturated carbocycles. The number of amides is 2. The van der Waals surface area contributed by atoms with Crippen molar-refractivity contribution in [2.24, 2.45) is 0 Å². The van der Waals surface area contributed by atoms with E-state index in [4.69, 9.17) is 4.74 Å². The Labute approximate surface area is 164 Å². The SMILES string of the molecule is CC(C)Oc1ccccc1NC(=O)c1nc(C(=O)NC2CC2)c2n1CCCC2. The highest BCUT2D eigenvalue weighted by molar-refractivity contribution is 6.04. The van der Waals surface area contributed by atoms with E-state index in [0.29, 0.717) is 23.7 Å². The minimum atomic E-state index is -0.326. The summed E-state index contributed by atoms with van der Waals surface area (Å²) in [7, 11) is 0. The van der Waals surface area contributed by atoms with Crippen LogP contribution in [0.5, 0.6) is 5.75 Å². The largest absolute Gasteiger partial charge is 0.489 e. The van der Waals surface area contributed by atoms with Gasteiger partial charge in [-0.1, -0.05) is 12.1 Å². The van der Waals surface area contributed by atoms with Gasteiger partial charge < -0.3 is 19.9 Å². The summed E-state index contributed by atoms with van der Waals surface area (Å²) in [4.78, 5) is 30.1. The molecule has 2 aliphatic rings. The highest BCUT2D eigenvalue weighted by Crippen LogP contribution is 2.27. The van der Waals surface area contributed by atoms with Crippen molar-refractivity contribution in [3.05, 3.63) is 41.5 Å². The first kappa shape index (κ1) is 18.5. The number of anilines is 1. The molecular weight excluding hydrogens is 356 g/mol. The Hall–Kier alpha value is -2.83. The zero-order valence-corrected chi connectivity index (χ0v) is 16.3. The number of nitrogens with zero attached hydrogens (tertiary/aromatic N) is 2. The van der Waals surface area contributed by atoms with E-state index < -0.39 is 0 Å². The molecule has 0 bridgehead atoms. The summed E-state index contributed by atoms with van der Waals surface area (Å²) >= 11 is 0. The molecule has 0 radical (unpaired) electrons. The number of fused-ring (bicyclic) bond motifs is 1. The van der Waals surface area contributed by atoms with Crippen molar-refractivity contribution < 1.29 is 14.3 Å². The van der Waals surface area contributed by atoms with Crippen LogP contribution in [0.3, 0.4) is 0 Å². The number of imidazole rings is 1. The van der Waals surface area contributed by atoms with Crippen LogP contribution in [-0.4, -0.2) is 33.5 Å². The smallest absolute Gasteiger partial charge is 0.291 e. The van der Waals surface area contributed by atoms with E-state index in [9.17, 15) is 9.59 Å².